The molecule has 0 unspecified atom stereocenters. The van der Waals surface area contributed by atoms with Gasteiger partial charge in [0.05, 0.1) is 5.69 Å². The van der Waals surface area contributed by atoms with Gasteiger partial charge < -0.3 is 5.32 Å². The number of nitrogens with one attached hydrogen (secondary N) is 1. The van der Waals surface area contributed by atoms with Crippen LogP contribution in [0.3, 0.4) is 0 Å². The quantitative estimate of drug-likeness (QED) is 0.440. The first kappa shape index (κ1) is 19.3. The molecule has 5 nitrogen and oxygen atoms in total. The molecule has 1 aromatic carbocycles. The normalized spacial score (nSPS) is 12.4. The van der Waals surface area contributed by atoms with Crippen molar-refractivity contribution in [3.8, 4) is 22.5 Å². The Morgan fingerprint density at radius 3 is 2.74 bits per heavy atom. The topological polar surface area (TPSA) is 55.6 Å². The lowest BCUT2D eigenvalue weighted by atomic mass is 9.93. The van der Waals surface area contributed by atoms with Gasteiger partial charge in [-0.05, 0) is 67.9 Å². The van der Waals surface area contributed by atoms with Gasteiger partial charge in [0.1, 0.15) is 5.69 Å². The Morgan fingerprint density at radius 2 is 1.90 bits per heavy atom. The second-order valence-electron chi connectivity index (χ2n) is 7.46. The number of pyridine rings is 2. The van der Waals surface area contributed by atoms with Crippen LogP contribution in [0.1, 0.15) is 23.4 Å². The first-order valence-corrected chi connectivity index (χ1v) is 10.6. The number of hydrogen-bond acceptors (Lipinski definition) is 4. The summed E-state index contributed by atoms with van der Waals surface area (Å²) in [7, 11) is 0. The van der Waals surface area contributed by atoms with Crippen LogP contribution in [0.15, 0.2) is 73.1 Å². The third kappa shape index (κ3) is 3.90. The van der Waals surface area contributed by atoms with Gasteiger partial charge in [-0.25, -0.2) is 4.68 Å². The van der Waals surface area contributed by atoms with E-state index < -0.39 is 0 Å². The lowest BCUT2D eigenvalue weighted by Crippen LogP contribution is -2.19. The van der Waals surface area contributed by atoms with Crippen LogP contribution in [-0.4, -0.2) is 24.9 Å². The zero-order chi connectivity index (χ0) is 21.2. The molecule has 6 heteroatoms. The SMILES string of the molecule is Cc1cccc(-c2nn(C(=S)Nc3ccccc3)cc2-c2ccnc3c2C=CCC3)n1. The van der Waals surface area contributed by atoms with Gasteiger partial charge in [-0.1, -0.05) is 36.4 Å². The lowest BCUT2D eigenvalue weighted by Gasteiger charge is -2.14. The second kappa shape index (κ2) is 8.24. The summed E-state index contributed by atoms with van der Waals surface area (Å²) in [5.41, 5.74) is 7.82. The van der Waals surface area contributed by atoms with Gasteiger partial charge in [0, 0.05) is 40.6 Å². The van der Waals surface area contributed by atoms with Crippen molar-refractivity contribution in [1.82, 2.24) is 19.7 Å². The minimum atomic E-state index is 0.504. The van der Waals surface area contributed by atoms with Crippen molar-refractivity contribution in [1.29, 1.82) is 0 Å². The maximum atomic E-state index is 5.66. The standard InChI is InChI=1S/C25H21N5S/c1-17-8-7-13-23(27-17)24-21(19-14-15-26-22-12-6-5-11-20(19)22)16-30(29-24)25(31)28-18-9-3-2-4-10-18/h2-5,7-11,13-16H,6,12H2,1H3,(H,28,31). The molecule has 152 valence electrons. The monoisotopic (exact) mass is 423 g/mol. The fraction of sp³-hybridized carbons (Fsp3) is 0.120. The molecule has 1 aliphatic rings. The van der Waals surface area contributed by atoms with Crippen LogP contribution in [0, 0.1) is 6.92 Å². The molecule has 3 aromatic heterocycles. The van der Waals surface area contributed by atoms with Crippen LogP contribution in [0.4, 0.5) is 5.69 Å². The molecule has 0 radical (unpaired) electrons. The lowest BCUT2D eigenvalue weighted by molar-refractivity contribution is 0.928. The van der Waals surface area contributed by atoms with Gasteiger partial charge in [-0.2, -0.15) is 5.10 Å². The summed E-state index contributed by atoms with van der Waals surface area (Å²) < 4.78 is 1.72. The van der Waals surface area contributed by atoms with E-state index in [0.717, 1.165) is 58.0 Å². The average Bonchev–Trinajstić information content (AvgIpc) is 3.25. The summed E-state index contributed by atoms with van der Waals surface area (Å²) in [5.74, 6) is 0. The van der Waals surface area contributed by atoms with Gasteiger partial charge in [0.15, 0.2) is 5.11 Å². The number of thiocarbonyl (C=S) groups is 1. The molecule has 0 saturated carbocycles. The Kier molecular flexibility index (Phi) is 5.14. The number of hydrogen-bond donors (Lipinski definition) is 1. The number of rotatable bonds is 3. The molecule has 5 rings (SSSR count). The van der Waals surface area contributed by atoms with Crippen molar-refractivity contribution < 1.29 is 0 Å². The zero-order valence-electron chi connectivity index (χ0n) is 17.1. The number of fused-ring (bicyclic) bond motifs is 1. The Labute approximate surface area is 186 Å². The van der Waals surface area contributed by atoms with E-state index >= 15 is 0 Å². The van der Waals surface area contributed by atoms with Crippen LogP contribution in [0.5, 0.6) is 0 Å². The van der Waals surface area contributed by atoms with E-state index in [4.69, 9.17) is 22.3 Å². The van der Waals surface area contributed by atoms with E-state index in [0.29, 0.717) is 5.11 Å². The van der Waals surface area contributed by atoms with Crippen molar-refractivity contribution in [2.24, 2.45) is 0 Å². The molecule has 0 atom stereocenters. The highest BCUT2D eigenvalue weighted by Crippen LogP contribution is 2.35. The van der Waals surface area contributed by atoms with Crippen molar-refractivity contribution in [2.45, 2.75) is 19.8 Å². The van der Waals surface area contributed by atoms with Crippen molar-refractivity contribution in [3.05, 3.63) is 90.0 Å². The molecule has 0 fully saturated rings. The summed E-state index contributed by atoms with van der Waals surface area (Å²) in [5, 5.41) is 8.61. The zero-order valence-corrected chi connectivity index (χ0v) is 17.9. The van der Waals surface area contributed by atoms with E-state index in [2.05, 4.69) is 22.5 Å². The highest BCUT2D eigenvalue weighted by Gasteiger charge is 2.20. The third-order valence-corrected chi connectivity index (χ3v) is 5.56. The predicted molar refractivity (Wildman–Crippen MR) is 129 cm³/mol. The molecule has 3 heterocycles. The van der Waals surface area contributed by atoms with E-state index in [1.54, 1.807) is 4.68 Å². The number of nitrogens with zero attached hydrogens (tertiary/aromatic N) is 4. The van der Waals surface area contributed by atoms with Gasteiger partial charge in [-0.3, -0.25) is 9.97 Å². The predicted octanol–water partition coefficient (Wildman–Crippen LogP) is 5.52. The van der Waals surface area contributed by atoms with E-state index in [-0.39, 0.29) is 0 Å². The maximum Gasteiger partial charge on any atom is 0.198 e. The smallest absolute Gasteiger partial charge is 0.198 e. The molecular formula is C25H21N5S. The number of allylic oxidation sites excluding steroid dienone is 1. The molecule has 1 N–H and O–H groups in total. The fourth-order valence-corrected chi connectivity index (χ4v) is 4.01. The van der Waals surface area contributed by atoms with Crippen molar-refractivity contribution >= 4 is 29.1 Å². The Hall–Kier alpha value is -3.64. The van der Waals surface area contributed by atoms with Gasteiger partial charge in [-0.15, -0.1) is 0 Å². The van der Waals surface area contributed by atoms with Crippen LogP contribution < -0.4 is 5.32 Å². The Morgan fingerprint density at radius 1 is 1.03 bits per heavy atom. The molecule has 0 amide bonds. The van der Waals surface area contributed by atoms with Crippen molar-refractivity contribution in [3.63, 3.8) is 0 Å². The molecule has 1 aliphatic carbocycles. The molecule has 0 saturated heterocycles. The largest absolute Gasteiger partial charge is 0.331 e. The van der Waals surface area contributed by atoms with Crippen LogP contribution in [0.25, 0.3) is 28.6 Å². The van der Waals surface area contributed by atoms with Gasteiger partial charge in [0.25, 0.3) is 0 Å². The summed E-state index contributed by atoms with van der Waals surface area (Å²) >= 11 is 5.66. The van der Waals surface area contributed by atoms with Crippen LogP contribution in [-0.2, 0) is 6.42 Å². The number of anilines is 1. The molecular weight excluding hydrogens is 402 g/mol. The van der Waals surface area contributed by atoms with E-state index in [1.807, 2.05) is 73.9 Å². The average molecular weight is 424 g/mol. The molecule has 0 spiro atoms. The van der Waals surface area contributed by atoms with Crippen molar-refractivity contribution in [2.75, 3.05) is 5.32 Å². The second-order valence-corrected chi connectivity index (χ2v) is 7.84. The number of para-hydroxylation sites is 1. The van der Waals surface area contributed by atoms with E-state index in [1.165, 1.54) is 0 Å². The van der Waals surface area contributed by atoms with Gasteiger partial charge in [0.2, 0.25) is 0 Å². The minimum Gasteiger partial charge on any atom is -0.331 e. The van der Waals surface area contributed by atoms with E-state index in [9.17, 15) is 0 Å². The molecule has 0 aliphatic heterocycles. The van der Waals surface area contributed by atoms with Crippen LogP contribution in [0.2, 0.25) is 0 Å². The number of aryl methyl sites for hydroxylation is 2. The number of benzene rings is 1. The fourth-order valence-electron chi connectivity index (χ4n) is 3.80. The highest BCUT2D eigenvalue weighted by atomic mass is 32.1. The first-order valence-electron chi connectivity index (χ1n) is 10.2. The Bertz CT molecular complexity index is 1290. The summed E-state index contributed by atoms with van der Waals surface area (Å²) in [6.45, 7) is 1.98. The summed E-state index contributed by atoms with van der Waals surface area (Å²) in [4.78, 5) is 9.31. The first-order chi connectivity index (χ1) is 15.2. The summed E-state index contributed by atoms with van der Waals surface area (Å²) in [6.07, 6.45) is 10.2. The summed E-state index contributed by atoms with van der Waals surface area (Å²) in [6, 6.07) is 17.9. The third-order valence-electron chi connectivity index (χ3n) is 5.27. The molecule has 0 bridgehead atoms. The van der Waals surface area contributed by atoms with Crippen LogP contribution >= 0.6 is 12.2 Å². The number of aromatic nitrogens is 4. The Balaban J connectivity index is 1.64. The molecule has 4 aromatic rings. The highest BCUT2D eigenvalue weighted by molar-refractivity contribution is 7.80. The minimum absolute atomic E-state index is 0.504. The molecule has 31 heavy (non-hydrogen) atoms. The maximum absolute atomic E-state index is 5.66. The van der Waals surface area contributed by atoms with Gasteiger partial charge >= 0.3 is 0 Å².